The van der Waals surface area contributed by atoms with Gasteiger partial charge in [-0.1, -0.05) is 60.7 Å². The highest BCUT2D eigenvalue weighted by atomic mass is 19.4. The highest BCUT2D eigenvalue weighted by Gasteiger charge is 2.50. The lowest BCUT2D eigenvalue weighted by molar-refractivity contribution is -0.144. The summed E-state index contributed by atoms with van der Waals surface area (Å²) in [4.78, 5) is 0. The van der Waals surface area contributed by atoms with E-state index in [-0.39, 0.29) is 0 Å². The zero-order valence-electron chi connectivity index (χ0n) is 15.8. The molecule has 0 saturated carbocycles. The van der Waals surface area contributed by atoms with Gasteiger partial charge in [0, 0.05) is 5.41 Å². The van der Waals surface area contributed by atoms with Crippen LogP contribution < -0.4 is 0 Å². The number of halogens is 6. The number of hydrogen-bond donors (Lipinski definition) is 0. The Kier molecular flexibility index (Phi) is 4.56. The third-order valence-electron chi connectivity index (χ3n) is 5.60. The van der Waals surface area contributed by atoms with E-state index in [0.29, 0.717) is 22.3 Å². The molecule has 0 spiro atoms. The molecule has 0 radical (unpaired) electrons. The Balaban J connectivity index is 2.13. The van der Waals surface area contributed by atoms with Gasteiger partial charge in [-0.2, -0.15) is 26.3 Å². The van der Waals surface area contributed by atoms with Gasteiger partial charge in [0.15, 0.2) is 0 Å². The van der Waals surface area contributed by atoms with E-state index < -0.39 is 34.5 Å². The van der Waals surface area contributed by atoms with Crippen molar-refractivity contribution in [2.75, 3.05) is 0 Å². The molecule has 1 aliphatic rings. The zero-order chi connectivity index (χ0) is 21.7. The van der Waals surface area contributed by atoms with Crippen LogP contribution in [0.25, 0.3) is 11.6 Å². The fourth-order valence-electron chi connectivity index (χ4n) is 4.35. The van der Waals surface area contributed by atoms with Crippen LogP contribution in [0, 0.1) is 0 Å². The molecule has 0 amide bonds. The lowest BCUT2D eigenvalue weighted by atomic mass is 9.68. The molecule has 0 N–H and O–H groups in total. The fraction of sp³-hybridized carbons (Fsp3) is 0.167. The van der Waals surface area contributed by atoms with Gasteiger partial charge in [0.05, 0.1) is 11.1 Å². The molecule has 1 aliphatic carbocycles. The van der Waals surface area contributed by atoms with Gasteiger partial charge in [0.25, 0.3) is 0 Å². The fourth-order valence-corrected chi connectivity index (χ4v) is 4.35. The molecule has 0 saturated heterocycles. The van der Waals surface area contributed by atoms with Gasteiger partial charge in [0.1, 0.15) is 0 Å². The van der Waals surface area contributed by atoms with Crippen molar-refractivity contribution in [3.8, 4) is 0 Å². The minimum Gasteiger partial charge on any atom is -0.166 e. The maximum Gasteiger partial charge on any atom is 0.416 e. The van der Waals surface area contributed by atoms with Crippen molar-refractivity contribution in [2.45, 2.75) is 24.7 Å². The smallest absolute Gasteiger partial charge is 0.166 e. The lowest BCUT2D eigenvalue weighted by Crippen LogP contribution is -2.31. The monoisotopic (exact) mass is 418 g/mol. The van der Waals surface area contributed by atoms with Crippen LogP contribution in [0.15, 0.2) is 72.8 Å². The van der Waals surface area contributed by atoms with Crippen LogP contribution in [0.3, 0.4) is 0 Å². The van der Waals surface area contributed by atoms with Crippen molar-refractivity contribution in [2.24, 2.45) is 0 Å². The molecule has 0 heterocycles. The molecule has 1 atom stereocenters. The highest BCUT2D eigenvalue weighted by Crippen LogP contribution is 2.56. The minimum atomic E-state index is -4.95. The van der Waals surface area contributed by atoms with Crippen molar-refractivity contribution < 1.29 is 26.3 Å². The van der Waals surface area contributed by atoms with Crippen LogP contribution in [0.2, 0.25) is 0 Å². The van der Waals surface area contributed by atoms with Crippen LogP contribution in [0.5, 0.6) is 0 Å². The predicted octanol–water partition coefficient (Wildman–Crippen LogP) is 7.58. The van der Waals surface area contributed by atoms with Crippen LogP contribution >= 0.6 is 0 Å². The molecule has 0 aromatic heterocycles. The second kappa shape index (κ2) is 6.76. The molecule has 0 fully saturated rings. The maximum atomic E-state index is 14.0. The van der Waals surface area contributed by atoms with E-state index in [1.807, 2.05) is 0 Å². The SMILES string of the molecule is CC1(c2c(C(F)(F)F)cccc2C(F)(F)F)C(c2ccccc2)=Cc2ccccc21. The lowest BCUT2D eigenvalue weighted by Gasteiger charge is -2.35. The van der Waals surface area contributed by atoms with E-state index in [4.69, 9.17) is 0 Å². The van der Waals surface area contributed by atoms with Crippen LogP contribution in [-0.4, -0.2) is 0 Å². The third-order valence-corrected chi connectivity index (χ3v) is 5.60. The first kappa shape index (κ1) is 20.3. The molecule has 30 heavy (non-hydrogen) atoms. The second-order valence-electron chi connectivity index (χ2n) is 7.36. The summed E-state index contributed by atoms with van der Waals surface area (Å²) >= 11 is 0. The van der Waals surface area contributed by atoms with Gasteiger partial charge in [0.2, 0.25) is 0 Å². The first-order chi connectivity index (χ1) is 14.0. The molecule has 4 rings (SSSR count). The van der Waals surface area contributed by atoms with Crippen molar-refractivity contribution in [1.29, 1.82) is 0 Å². The molecule has 0 aliphatic heterocycles. The number of allylic oxidation sites excluding steroid dienone is 1. The molecule has 3 aromatic rings. The molecule has 3 aromatic carbocycles. The summed E-state index contributed by atoms with van der Waals surface area (Å²) in [6, 6.07) is 17.4. The molecule has 0 nitrogen and oxygen atoms in total. The average Bonchev–Trinajstić information content (AvgIpc) is 3.01. The molecular weight excluding hydrogens is 402 g/mol. The van der Waals surface area contributed by atoms with E-state index in [9.17, 15) is 26.3 Å². The first-order valence-electron chi connectivity index (χ1n) is 9.19. The first-order valence-corrected chi connectivity index (χ1v) is 9.19. The summed E-state index contributed by atoms with van der Waals surface area (Å²) < 4.78 is 83.8. The van der Waals surface area contributed by atoms with Crippen LogP contribution in [0.4, 0.5) is 26.3 Å². The van der Waals surface area contributed by atoms with Gasteiger partial charge in [-0.3, -0.25) is 0 Å². The van der Waals surface area contributed by atoms with Crippen molar-refractivity contribution in [3.05, 3.63) is 106 Å². The second-order valence-corrected chi connectivity index (χ2v) is 7.36. The topological polar surface area (TPSA) is 0 Å². The van der Waals surface area contributed by atoms with E-state index in [1.54, 1.807) is 60.7 Å². The largest absolute Gasteiger partial charge is 0.416 e. The molecule has 1 unspecified atom stereocenters. The highest BCUT2D eigenvalue weighted by molar-refractivity contribution is 5.97. The number of fused-ring (bicyclic) bond motifs is 1. The van der Waals surface area contributed by atoms with Crippen molar-refractivity contribution in [1.82, 2.24) is 0 Å². The Morgan fingerprint density at radius 2 is 1.17 bits per heavy atom. The Labute approximate surface area is 169 Å². The van der Waals surface area contributed by atoms with E-state index >= 15 is 0 Å². The Morgan fingerprint density at radius 1 is 0.633 bits per heavy atom. The maximum absolute atomic E-state index is 14.0. The van der Waals surface area contributed by atoms with E-state index in [0.717, 1.165) is 18.2 Å². The van der Waals surface area contributed by atoms with E-state index in [2.05, 4.69) is 0 Å². The van der Waals surface area contributed by atoms with Gasteiger partial charge in [-0.25, -0.2) is 0 Å². The number of alkyl halides is 6. The summed E-state index contributed by atoms with van der Waals surface area (Å²) in [6.07, 6.45) is -8.21. The Bertz CT molecular complexity index is 1090. The summed E-state index contributed by atoms with van der Waals surface area (Å²) in [6.45, 7) is 1.44. The normalized spacial score (nSPS) is 18.8. The van der Waals surface area contributed by atoms with E-state index in [1.165, 1.54) is 6.92 Å². The summed E-state index contributed by atoms with van der Waals surface area (Å²) in [7, 11) is 0. The van der Waals surface area contributed by atoms with Gasteiger partial charge in [-0.05, 0) is 53.0 Å². The van der Waals surface area contributed by atoms with Gasteiger partial charge < -0.3 is 0 Å². The van der Waals surface area contributed by atoms with Crippen molar-refractivity contribution >= 4 is 11.6 Å². The molecule has 0 bridgehead atoms. The van der Waals surface area contributed by atoms with Crippen LogP contribution in [-0.2, 0) is 17.8 Å². The average molecular weight is 418 g/mol. The number of hydrogen-bond acceptors (Lipinski definition) is 0. The quantitative estimate of drug-likeness (QED) is 0.376. The molecule has 154 valence electrons. The predicted molar refractivity (Wildman–Crippen MR) is 104 cm³/mol. The summed E-state index contributed by atoms with van der Waals surface area (Å²) in [5.41, 5.74) is -3.00. The zero-order valence-corrected chi connectivity index (χ0v) is 15.8. The number of benzene rings is 3. The Hall–Kier alpha value is -3.02. The molecule has 6 heteroatoms. The van der Waals surface area contributed by atoms with Gasteiger partial charge in [-0.15, -0.1) is 0 Å². The molecular formula is C24H16F6. The standard InChI is InChI=1S/C24H16F6/c1-22(21-18(23(25,26)27)12-7-13-19(21)24(28,29)30)17-11-6-5-10-16(17)14-20(22)15-8-3-2-4-9-15/h2-14H,1H3. The minimum absolute atomic E-state index is 0.395. The Morgan fingerprint density at radius 3 is 1.73 bits per heavy atom. The van der Waals surface area contributed by atoms with Crippen LogP contribution in [0.1, 0.15) is 40.3 Å². The summed E-state index contributed by atoms with van der Waals surface area (Å²) in [5, 5.41) is 0. The van der Waals surface area contributed by atoms with Crippen molar-refractivity contribution in [3.63, 3.8) is 0 Å². The summed E-state index contributed by atoms with van der Waals surface area (Å²) in [5.74, 6) is 0. The third kappa shape index (κ3) is 3.11. The van der Waals surface area contributed by atoms with Gasteiger partial charge >= 0.3 is 12.4 Å². The number of rotatable bonds is 2.